The molecule has 114 valence electrons. The van der Waals surface area contributed by atoms with Gasteiger partial charge in [0.2, 0.25) is 0 Å². The molecule has 1 unspecified atom stereocenters. The van der Waals surface area contributed by atoms with E-state index in [2.05, 4.69) is 46.3 Å². The lowest BCUT2D eigenvalue weighted by Gasteiger charge is -2.23. The summed E-state index contributed by atoms with van der Waals surface area (Å²) in [6.45, 7) is 10.7. The normalized spacial score (nSPS) is 12.8. The maximum atomic E-state index is 4.65. The Morgan fingerprint density at radius 2 is 2.10 bits per heavy atom. The minimum atomic E-state index is 0.463. The van der Waals surface area contributed by atoms with Crippen molar-refractivity contribution in [3.8, 4) is 10.7 Å². The molecule has 1 atom stereocenters. The fraction of sp³-hybridized carbons (Fsp3) is 0.500. The molecule has 21 heavy (non-hydrogen) atoms. The minimum absolute atomic E-state index is 0.463. The molecule has 2 aromatic heterocycles. The van der Waals surface area contributed by atoms with Crippen molar-refractivity contribution in [1.82, 2.24) is 20.2 Å². The van der Waals surface area contributed by atoms with Gasteiger partial charge in [0.25, 0.3) is 0 Å². The van der Waals surface area contributed by atoms with Gasteiger partial charge in [-0.1, -0.05) is 19.9 Å². The summed E-state index contributed by atoms with van der Waals surface area (Å²) in [6, 6.07) is 6.38. The first-order valence-electron chi connectivity index (χ1n) is 7.54. The summed E-state index contributed by atoms with van der Waals surface area (Å²) in [6.07, 6.45) is 1.81. The third kappa shape index (κ3) is 4.88. The van der Waals surface area contributed by atoms with Crippen molar-refractivity contribution in [3.05, 3.63) is 35.5 Å². The topological polar surface area (TPSA) is 41.0 Å². The van der Waals surface area contributed by atoms with E-state index in [0.717, 1.165) is 42.6 Å². The monoisotopic (exact) mass is 304 g/mol. The molecule has 0 amide bonds. The summed E-state index contributed by atoms with van der Waals surface area (Å²) in [5, 5.41) is 6.65. The van der Waals surface area contributed by atoms with E-state index in [1.165, 1.54) is 0 Å². The Hall–Kier alpha value is -1.30. The third-order valence-corrected chi connectivity index (χ3v) is 4.41. The van der Waals surface area contributed by atoms with E-state index in [9.17, 15) is 0 Å². The molecule has 0 aliphatic rings. The number of likely N-dealkylation sites (N-methyl/N-ethyl adjacent to an activating group) is 1. The third-order valence-electron chi connectivity index (χ3n) is 3.49. The fourth-order valence-corrected chi connectivity index (χ4v) is 3.00. The predicted octanol–water partition coefficient (Wildman–Crippen LogP) is 3.03. The Balaban J connectivity index is 1.86. The van der Waals surface area contributed by atoms with E-state index in [1.54, 1.807) is 17.5 Å². The molecule has 0 aromatic carbocycles. The minimum Gasteiger partial charge on any atom is -0.307 e. The molecule has 0 saturated carbocycles. The van der Waals surface area contributed by atoms with Gasteiger partial charge >= 0.3 is 0 Å². The number of hydrogen-bond acceptors (Lipinski definition) is 5. The lowest BCUT2D eigenvalue weighted by Crippen LogP contribution is -2.38. The van der Waals surface area contributed by atoms with Crippen LogP contribution in [0.2, 0.25) is 0 Å². The lowest BCUT2D eigenvalue weighted by atomic mass is 10.3. The van der Waals surface area contributed by atoms with Crippen molar-refractivity contribution < 1.29 is 0 Å². The van der Waals surface area contributed by atoms with Gasteiger partial charge in [-0.15, -0.1) is 11.3 Å². The smallest absolute Gasteiger partial charge is 0.142 e. The Labute approximate surface area is 131 Å². The number of thiazole rings is 1. The van der Waals surface area contributed by atoms with Crippen LogP contribution in [-0.2, 0) is 6.54 Å². The SMILES string of the molecule is CCN(CC)CC(C)NCc1csc(-c2ccccn2)n1. The van der Waals surface area contributed by atoms with Gasteiger partial charge in [-0.3, -0.25) is 4.98 Å². The zero-order valence-corrected chi connectivity index (χ0v) is 13.9. The highest BCUT2D eigenvalue weighted by Crippen LogP contribution is 2.21. The van der Waals surface area contributed by atoms with Crippen LogP contribution < -0.4 is 5.32 Å². The van der Waals surface area contributed by atoms with E-state index < -0.39 is 0 Å². The number of hydrogen-bond donors (Lipinski definition) is 1. The van der Waals surface area contributed by atoms with Crippen molar-refractivity contribution in [2.24, 2.45) is 0 Å². The number of pyridine rings is 1. The zero-order chi connectivity index (χ0) is 15.1. The molecule has 0 aliphatic carbocycles. The van der Waals surface area contributed by atoms with Crippen LogP contribution >= 0.6 is 11.3 Å². The highest BCUT2D eigenvalue weighted by molar-refractivity contribution is 7.13. The van der Waals surface area contributed by atoms with Crippen molar-refractivity contribution >= 4 is 11.3 Å². The van der Waals surface area contributed by atoms with Gasteiger partial charge in [-0.05, 0) is 32.1 Å². The van der Waals surface area contributed by atoms with Crippen LogP contribution in [0.25, 0.3) is 10.7 Å². The maximum absolute atomic E-state index is 4.65. The summed E-state index contributed by atoms with van der Waals surface area (Å²) in [5.74, 6) is 0. The van der Waals surface area contributed by atoms with Gasteiger partial charge in [-0.2, -0.15) is 0 Å². The van der Waals surface area contributed by atoms with Crippen LogP contribution in [-0.4, -0.2) is 40.5 Å². The average molecular weight is 304 g/mol. The molecular formula is C16H24N4S. The van der Waals surface area contributed by atoms with Crippen molar-refractivity contribution in [2.45, 2.75) is 33.4 Å². The maximum Gasteiger partial charge on any atom is 0.142 e. The molecule has 2 aromatic rings. The molecule has 0 radical (unpaired) electrons. The summed E-state index contributed by atoms with van der Waals surface area (Å²) >= 11 is 1.65. The van der Waals surface area contributed by atoms with Crippen LogP contribution in [0.1, 0.15) is 26.5 Å². The van der Waals surface area contributed by atoms with Crippen LogP contribution in [0.4, 0.5) is 0 Å². The molecule has 0 spiro atoms. The molecular weight excluding hydrogens is 280 g/mol. The van der Waals surface area contributed by atoms with E-state index in [1.807, 2.05) is 18.2 Å². The molecule has 1 N–H and O–H groups in total. The van der Waals surface area contributed by atoms with Crippen molar-refractivity contribution in [3.63, 3.8) is 0 Å². The number of nitrogens with zero attached hydrogens (tertiary/aromatic N) is 3. The Morgan fingerprint density at radius 1 is 1.29 bits per heavy atom. The summed E-state index contributed by atoms with van der Waals surface area (Å²) in [7, 11) is 0. The summed E-state index contributed by atoms with van der Waals surface area (Å²) < 4.78 is 0. The molecule has 2 rings (SSSR count). The second kappa shape index (κ2) is 8.22. The second-order valence-electron chi connectivity index (χ2n) is 5.13. The van der Waals surface area contributed by atoms with Gasteiger partial charge in [-0.25, -0.2) is 4.98 Å². The van der Waals surface area contributed by atoms with Crippen LogP contribution in [0.3, 0.4) is 0 Å². The van der Waals surface area contributed by atoms with Gasteiger partial charge < -0.3 is 10.2 Å². The van der Waals surface area contributed by atoms with Crippen molar-refractivity contribution in [1.29, 1.82) is 0 Å². The largest absolute Gasteiger partial charge is 0.307 e. The quantitative estimate of drug-likeness (QED) is 0.814. The number of nitrogens with one attached hydrogen (secondary N) is 1. The Kier molecular flexibility index (Phi) is 6.29. The van der Waals surface area contributed by atoms with Crippen LogP contribution in [0.5, 0.6) is 0 Å². The first-order valence-corrected chi connectivity index (χ1v) is 8.42. The summed E-state index contributed by atoms with van der Waals surface area (Å²) in [4.78, 5) is 11.4. The molecule has 4 nitrogen and oxygen atoms in total. The van der Waals surface area contributed by atoms with E-state index in [0.29, 0.717) is 6.04 Å². The Morgan fingerprint density at radius 3 is 2.76 bits per heavy atom. The van der Waals surface area contributed by atoms with E-state index >= 15 is 0 Å². The highest BCUT2D eigenvalue weighted by Gasteiger charge is 2.09. The average Bonchev–Trinajstić information content (AvgIpc) is 3.00. The Bertz CT molecular complexity index is 522. The second-order valence-corrected chi connectivity index (χ2v) is 5.98. The van der Waals surface area contributed by atoms with Crippen LogP contribution in [0.15, 0.2) is 29.8 Å². The van der Waals surface area contributed by atoms with Crippen molar-refractivity contribution in [2.75, 3.05) is 19.6 Å². The molecule has 0 bridgehead atoms. The number of rotatable bonds is 8. The highest BCUT2D eigenvalue weighted by atomic mass is 32.1. The van der Waals surface area contributed by atoms with Gasteiger partial charge in [0.05, 0.1) is 11.4 Å². The molecule has 0 saturated heterocycles. The molecule has 0 fully saturated rings. The first-order chi connectivity index (χ1) is 10.2. The van der Waals surface area contributed by atoms with Gasteiger partial charge in [0, 0.05) is 30.7 Å². The van der Waals surface area contributed by atoms with Gasteiger partial charge in [0.15, 0.2) is 0 Å². The molecule has 0 aliphatic heterocycles. The van der Waals surface area contributed by atoms with E-state index in [-0.39, 0.29) is 0 Å². The molecule has 5 heteroatoms. The predicted molar refractivity (Wildman–Crippen MR) is 89.4 cm³/mol. The number of aromatic nitrogens is 2. The lowest BCUT2D eigenvalue weighted by molar-refractivity contribution is 0.270. The standard InChI is InChI=1S/C16H24N4S/c1-4-20(5-2)11-13(3)18-10-14-12-21-16(19-14)15-8-6-7-9-17-15/h6-9,12-13,18H,4-5,10-11H2,1-3H3. The van der Waals surface area contributed by atoms with Crippen LogP contribution in [0, 0.1) is 0 Å². The van der Waals surface area contributed by atoms with E-state index in [4.69, 9.17) is 0 Å². The summed E-state index contributed by atoms with van der Waals surface area (Å²) in [5.41, 5.74) is 2.04. The molecule has 2 heterocycles. The van der Waals surface area contributed by atoms with Gasteiger partial charge in [0.1, 0.15) is 5.01 Å². The first kappa shape index (κ1) is 16.1. The fourth-order valence-electron chi connectivity index (χ4n) is 2.21. The zero-order valence-electron chi connectivity index (χ0n) is 13.0.